The topological polar surface area (TPSA) is 80.9 Å². The highest BCUT2D eigenvalue weighted by molar-refractivity contribution is 8.00. The molecule has 0 fully saturated rings. The third-order valence-corrected chi connectivity index (χ3v) is 6.15. The molecule has 4 aromatic rings. The predicted octanol–water partition coefficient (Wildman–Crippen LogP) is 4.85. The van der Waals surface area contributed by atoms with Gasteiger partial charge < -0.3 is 9.84 Å². The molecule has 0 saturated carbocycles. The van der Waals surface area contributed by atoms with Crippen LogP contribution in [0.2, 0.25) is 0 Å². The van der Waals surface area contributed by atoms with E-state index in [0.717, 1.165) is 21.1 Å². The lowest BCUT2D eigenvalue weighted by molar-refractivity contribution is -0.116. The predicted molar refractivity (Wildman–Crippen MR) is 112 cm³/mol. The summed E-state index contributed by atoms with van der Waals surface area (Å²) < 4.78 is 7.40. The first kappa shape index (κ1) is 18.6. The minimum Gasteiger partial charge on any atom is -0.339 e. The Hall–Kier alpha value is -2.71. The second-order valence-electron chi connectivity index (χ2n) is 6.26. The highest BCUT2D eigenvalue weighted by Crippen LogP contribution is 2.30. The number of carbonyl (C=O) groups excluding carboxylic acids is 1. The van der Waals surface area contributed by atoms with Crippen molar-refractivity contribution in [2.75, 3.05) is 5.32 Å². The maximum absolute atomic E-state index is 12.1. The Bertz CT molecular complexity index is 1070. The molecule has 2 aromatic carbocycles. The largest absolute Gasteiger partial charge is 0.339 e. The van der Waals surface area contributed by atoms with Crippen LogP contribution in [0.5, 0.6) is 0 Å². The number of fused-ring (bicyclic) bond motifs is 1. The number of aromatic nitrogens is 3. The molecule has 0 bridgehead atoms. The van der Waals surface area contributed by atoms with E-state index >= 15 is 0 Å². The van der Waals surface area contributed by atoms with Gasteiger partial charge >= 0.3 is 0 Å². The maximum atomic E-state index is 12.1. The van der Waals surface area contributed by atoms with Gasteiger partial charge in [-0.05, 0) is 36.8 Å². The Morgan fingerprint density at radius 3 is 2.93 bits per heavy atom. The van der Waals surface area contributed by atoms with Crippen molar-refractivity contribution in [3.8, 4) is 0 Å². The number of thiazole rings is 1. The number of nitrogens with one attached hydrogen (secondary N) is 1. The van der Waals surface area contributed by atoms with Gasteiger partial charge in [-0.15, -0.1) is 11.3 Å². The van der Waals surface area contributed by atoms with Crippen LogP contribution in [0.3, 0.4) is 0 Å². The van der Waals surface area contributed by atoms with Gasteiger partial charge in [0.05, 0.1) is 16.0 Å². The molecule has 0 aliphatic rings. The lowest BCUT2D eigenvalue weighted by Crippen LogP contribution is -2.12. The van der Waals surface area contributed by atoms with Crippen LogP contribution >= 0.6 is 23.1 Å². The van der Waals surface area contributed by atoms with E-state index in [0.29, 0.717) is 30.3 Å². The van der Waals surface area contributed by atoms with E-state index in [4.69, 9.17) is 4.52 Å². The Morgan fingerprint density at radius 2 is 2.07 bits per heavy atom. The average Bonchev–Trinajstić information content (AvgIpc) is 3.31. The molecule has 2 aromatic heterocycles. The lowest BCUT2D eigenvalue weighted by Gasteiger charge is -2.04. The van der Waals surface area contributed by atoms with Gasteiger partial charge in [-0.25, -0.2) is 4.98 Å². The zero-order valence-corrected chi connectivity index (χ0v) is 16.8. The third-order valence-electron chi connectivity index (χ3n) is 3.98. The minimum absolute atomic E-state index is 0.0748. The van der Waals surface area contributed by atoms with Crippen LogP contribution in [0.1, 0.15) is 23.7 Å². The summed E-state index contributed by atoms with van der Waals surface area (Å²) in [5.41, 5.74) is 2.90. The summed E-state index contributed by atoms with van der Waals surface area (Å²) in [6, 6.07) is 15.8. The van der Waals surface area contributed by atoms with E-state index < -0.39 is 0 Å². The standard InChI is InChI=1S/C20H18N4O2S2/c1-13-5-4-6-14(11-13)21-18(25)9-10-19-23-17(24-26-19)12-27-20-22-15-7-2-3-8-16(15)28-20/h2-8,11H,9-10,12H2,1H3,(H,21,25). The van der Waals surface area contributed by atoms with Gasteiger partial charge in [0.1, 0.15) is 0 Å². The number of hydrogen-bond donors (Lipinski definition) is 1. The van der Waals surface area contributed by atoms with Crippen molar-refractivity contribution in [1.29, 1.82) is 0 Å². The number of aryl methyl sites for hydroxylation is 2. The molecule has 142 valence electrons. The van der Waals surface area contributed by atoms with E-state index in [2.05, 4.69) is 26.5 Å². The summed E-state index contributed by atoms with van der Waals surface area (Å²) in [5.74, 6) is 1.59. The normalized spacial score (nSPS) is 11.0. The van der Waals surface area contributed by atoms with Gasteiger partial charge in [-0.2, -0.15) is 4.98 Å². The molecule has 6 nitrogen and oxygen atoms in total. The minimum atomic E-state index is -0.0748. The number of benzene rings is 2. The fourth-order valence-electron chi connectivity index (χ4n) is 2.66. The number of nitrogens with zero attached hydrogens (tertiary/aromatic N) is 3. The van der Waals surface area contributed by atoms with Gasteiger partial charge in [-0.3, -0.25) is 4.79 Å². The SMILES string of the molecule is Cc1cccc(NC(=O)CCc2nc(CSc3nc4ccccc4s3)no2)c1. The number of thioether (sulfide) groups is 1. The molecular weight excluding hydrogens is 392 g/mol. The highest BCUT2D eigenvalue weighted by atomic mass is 32.2. The van der Waals surface area contributed by atoms with Gasteiger partial charge in [0.15, 0.2) is 10.2 Å². The number of amides is 1. The fourth-order valence-corrected chi connectivity index (χ4v) is 4.57. The zero-order valence-electron chi connectivity index (χ0n) is 15.2. The first-order valence-electron chi connectivity index (χ1n) is 8.82. The number of para-hydroxylation sites is 1. The molecule has 1 amide bonds. The lowest BCUT2D eigenvalue weighted by atomic mass is 10.2. The summed E-state index contributed by atoms with van der Waals surface area (Å²) in [6.45, 7) is 1.99. The molecular formula is C20H18N4O2S2. The Kier molecular flexibility index (Phi) is 5.68. The Balaban J connectivity index is 1.27. The van der Waals surface area contributed by atoms with Gasteiger partial charge in [0.25, 0.3) is 0 Å². The molecule has 4 rings (SSSR count). The summed E-state index contributed by atoms with van der Waals surface area (Å²) in [6.07, 6.45) is 0.705. The first-order chi connectivity index (χ1) is 13.7. The number of hydrogen-bond acceptors (Lipinski definition) is 7. The van der Waals surface area contributed by atoms with Crippen molar-refractivity contribution in [2.24, 2.45) is 0 Å². The molecule has 0 aliphatic carbocycles. The van der Waals surface area contributed by atoms with Crippen LogP contribution in [0.25, 0.3) is 10.2 Å². The van der Waals surface area contributed by atoms with Crippen LogP contribution in [0, 0.1) is 6.92 Å². The molecule has 0 saturated heterocycles. The van der Waals surface area contributed by atoms with E-state index in [1.54, 1.807) is 23.1 Å². The number of rotatable bonds is 7. The molecule has 0 aliphatic heterocycles. The molecule has 0 spiro atoms. The second-order valence-corrected chi connectivity index (χ2v) is 8.51. The van der Waals surface area contributed by atoms with Crippen LogP contribution in [0.15, 0.2) is 57.4 Å². The Labute approximate surface area is 170 Å². The summed E-state index contributed by atoms with van der Waals surface area (Å²) in [5, 5.41) is 6.88. The summed E-state index contributed by atoms with van der Waals surface area (Å²) >= 11 is 3.24. The molecule has 1 N–H and O–H groups in total. The monoisotopic (exact) mass is 410 g/mol. The van der Waals surface area contributed by atoms with Crippen LogP contribution in [-0.2, 0) is 17.0 Å². The third kappa shape index (κ3) is 4.76. The smallest absolute Gasteiger partial charge is 0.227 e. The van der Waals surface area contributed by atoms with Crippen molar-refractivity contribution in [3.05, 3.63) is 65.8 Å². The molecule has 0 radical (unpaired) electrons. The number of anilines is 1. The van der Waals surface area contributed by atoms with Crippen LogP contribution < -0.4 is 5.32 Å². The average molecular weight is 411 g/mol. The van der Waals surface area contributed by atoms with Crippen molar-refractivity contribution < 1.29 is 9.32 Å². The van der Waals surface area contributed by atoms with E-state index in [1.165, 1.54) is 4.70 Å². The van der Waals surface area contributed by atoms with Crippen molar-refractivity contribution in [2.45, 2.75) is 29.9 Å². The second kappa shape index (κ2) is 8.53. The molecule has 8 heteroatoms. The van der Waals surface area contributed by atoms with Gasteiger partial charge in [0.2, 0.25) is 11.8 Å². The van der Waals surface area contributed by atoms with Crippen molar-refractivity contribution in [1.82, 2.24) is 15.1 Å². The maximum Gasteiger partial charge on any atom is 0.227 e. The fraction of sp³-hybridized carbons (Fsp3) is 0.200. The Morgan fingerprint density at radius 1 is 1.18 bits per heavy atom. The van der Waals surface area contributed by atoms with Gasteiger partial charge in [0, 0.05) is 18.5 Å². The van der Waals surface area contributed by atoms with Crippen LogP contribution in [-0.4, -0.2) is 21.0 Å². The first-order valence-corrected chi connectivity index (χ1v) is 10.6. The summed E-state index contributed by atoms with van der Waals surface area (Å²) in [4.78, 5) is 21.0. The zero-order chi connectivity index (χ0) is 19.3. The number of carbonyl (C=O) groups is 1. The molecule has 0 atom stereocenters. The van der Waals surface area contributed by atoms with E-state index in [1.807, 2.05) is 49.4 Å². The summed E-state index contributed by atoms with van der Waals surface area (Å²) in [7, 11) is 0. The highest BCUT2D eigenvalue weighted by Gasteiger charge is 2.11. The van der Waals surface area contributed by atoms with E-state index in [-0.39, 0.29) is 5.91 Å². The van der Waals surface area contributed by atoms with Crippen LogP contribution in [0.4, 0.5) is 5.69 Å². The molecule has 2 heterocycles. The molecule has 28 heavy (non-hydrogen) atoms. The van der Waals surface area contributed by atoms with Gasteiger partial charge in [-0.1, -0.05) is 41.2 Å². The van der Waals surface area contributed by atoms with Crippen molar-refractivity contribution >= 4 is 44.9 Å². The van der Waals surface area contributed by atoms with Crippen molar-refractivity contribution in [3.63, 3.8) is 0 Å². The molecule has 0 unspecified atom stereocenters. The quantitative estimate of drug-likeness (QED) is 0.439. The van der Waals surface area contributed by atoms with E-state index in [9.17, 15) is 4.79 Å².